The van der Waals surface area contributed by atoms with E-state index in [9.17, 15) is 0 Å². The Bertz CT molecular complexity index is 1410. The summed E-state index contributed by atoms with van der Waals surface area (Å²) in [5.41, 5.74) is 5.63. The first-order valence-electron chi connectivity index (χ1n) is 12.5. The summed E-state index contributed by atoms with van der Waals surface area (Å²) in [5, 5.41) is 0. The lowest BCUT2D eigenvalue weighted by Gasteiger charge is -2.14. The molecule has 0 bridgehead atoms. The van der Waals surface area contributed by atoms with Gasteiger partial charge in [0.15, 0.2) is 0 Å². The number of rotatable bonds is 11. The third-order valence-corrected chi connectivity index (χ3v) is 5.88. The van der Waals surface area contributed by atoms with Crippen LogP contribution in [0.25, 0.3) is 11.4 Å². The molecular weight excluding hydrogens is 472 g/mol. The Hall–Kier alpha value is -4.68. The first kappa shape index (κ1) is 25.0. The van der Waals surface area contributed by atoms with Crippen molar-refractivity contribution in [3.63, 3.8) is 0 Å². The van der Waals surface area contributed by atoms with Crippen LogP contribution < -0.4 is 4.74 Å². The van der Waals surface area contributed by atoms with Crippen molar-refractivity contribution in [3.05, 3.63) is 144 Å². The molecule has 1 atom stereocenters. The molecule has 0 aliphatic carbocycles. The van der Waals surface area contributed by atoms with E-state index in [1.807, 2.05) is 97.2 Å². The number of pyridine rings is 3. The number of hydrogen-bond donors (Lipinski definition) is 0. The highest BCUT2D eigenvalue weighted by Gasteiger charge is 2.10. The maximum atomic E-state index is 6.05. The van der Waals surface area contributed by atoms with Gasteiger partial charge in [0.25, 0.3) is 0 Å². The highest BCUT2D eigenvalue weighted by atomic mass is 16.5. The second-order valence-corrected chi connectivity index (χ2v) is 8.68. The summed E-state index contributed by atoms with van der Waals surface area (Å²) in [6.07, 6.45) is 7.10. The van der Waals surface area contributed by atoms with Gasteiger partial charge in [-0.05, 0) is 47.0 Å². The molecule has 0 saturated heterocycles. The molecule has 38 heavy (non-hydrogen) atoms. The first-order valence-corrected chi connectivity index (χ1v) is 12.5. The second-order valence-electron chi connectivity index (χ2n) is 8.68. The smallest absolute Gasteiger partial charge is 0.138 e. The molecule has 0 amide bonds. The highest BCUT2D eigenvalue weighted by Crippen LogP contribution is 2.20. The molecule has 0 unspecified atom stereocenters. The summed E-state index contributed by atoms with van der Waals surface area (Å²) in [4.78, 5) is 18.2. The van der Waals surface area contributed by atoms with Gasteiger partial charge in [-0.3, -0.25) is 19.9 Å². The molecule has 5 rings (SSSR count). The number of nitrogens with zero attached hydrogens (tertiary/aromatic N) is 4. The van der Waals surface area contributed by atoms with Crippen LogP contribution in [-0.4, -0.2) is 27.8 Å². The topological polar surface area (TPSA) is 69.5 Å². The monoisotopic (exact) mass is 500 g/mol. The molecule has 3 aromatic heterocycles. The SMILES string of the molecule is C(=N[C@H](COCc1ccc(-c2ccccn2)nc1)c1ccccc1)c1ccc(OCc2ccccc2)cn1. The van der Waals surface area contributed by atoms with Crippen LogP contribution in [0.2, 0.25) is 0 Å². The normalized spacial score (nSPS) is 11.9. The van der Waals surface area contributed by atoms with Crippen LogP contribution in [0.1, 0.15) is 28.4 Å². The van der Waals surface area contributed by atoms with Crippen LogP contribution in [0, 0.1) is 0 Å². The molecule has 0 saturated carbocycles. The van der Waals surface area contributed by atoms with Crippen LogP contribution in [0.15, 0.2) is 127 Å². The Morgan fingerprint density at radius 2 is 1.45 bits per heavy atom. The Kier molecular flexibility index (Phi) is 8.57. The van der Waals surface area contributed by atoms with Crippen molar-refractivity contribution in [2.75, 3.05) is 6.61 Å². The number of ether oxygens (including phenoxy) is 2. The standard InChI is InChI=1S/C32H28N4O2/c1-3-9-25(10-4-1)23-38-29-16-15-28(34-21-29)20-36-32(27-11-5-2-6-12-27)24-37-22-26-14-17-31(35-19-26)30-13-7-8-18-33-30/h1-21,32H,22-24H2/t32-/m1/s1. The van der Waals surface area contributed by atoms with E-state index in [0.717, 1.165) is 39.5 Å². The number of aromatic nitrogens is 3. The van der Waals surface area contributed by atoms with Crippen LogP contribution >= 0.6 is 0 Å². The fraction of sp³-hybridized carbons (Fsp3) is 0.125. The van der Waals surface area contributed by atoms with Crippen molar-refractivity contribution < 1.29 is 9.47 Å². The molecule has 0 aliphatic heterocycles. The largest absolute Gasteiger partial charge is 0.487 e. The van der Waals surface area contributed by atoms with E-state index < -0.39 is 0 Å². The number of aliphatic imine (C=N–C) groups is 1. The first-order chi connectivity index (χ1) is 18.8. The van der Waals surface area contributed by atoms with Gasteiger partial charge in [0.2, 0.25) is 0 Å². The summed E-state index contributed by atoms with van der Waals surface area (Å²) in [5.74, 6) is 0.719. The van der Waals surface area contributed by atoms with Gasteiger partial charge in [-0.25, -0.2) is 0 Å². The molecule has 5 aromatic rings. The zero-order chi connectivity index (χ0) is 25.8. The Morgan fingerprint density at radius 3 is 2.16 bits per heavy atom. The predicted molar refractivity (Wildman–Crippen MR) is 149 cm³/mol. The highest BCUT2D eigenvalue weighted by molar-refractivity contribution is 5.77. The predicted octanol–water partition coefficient (Wildman–Crippen LogP) is 6.49. The molecule has 0 fully saturated rings. The molecule has 0 aliphatic rings. The fourth-order valence-corrected chi connectivity index (χ4v) is 3.83. The summed E-state index contributed by atoms with van der Waals surface area (Å²) >= 11 is 0. The van der Waals surface area contributed by atoms with Crippen molar-refractivity contribution in [2.45, 2.75) is 19.3 Å². The van der Waals surface area contributed by atoms with Crippen LogP contribution in [0.3, 0.4) is 0 Å². The minimum Gasteiger partial charge on any atom is -0.487 e. The average molecular weight is 501 g/mol. The van der Waals surface area contributed by atoms with E-state index in [1.165, 1.54) is 0 Å². The summed E-state index contributed by atoms with van der Waals surface area (Å²) in [6, 6.07) is 33.6. The van der Waals surface area contributed by atoms with Crippen molar-refractivity contribution in [1.29, 1.82) is 0 Å². The van der Waals surface area contributed by atoms with Crippen molar-refractivity contribution >= 4 is 6.21 Å². The lowest BCUT2D eigenvalue weighted by Crippen LogP contribution is -2.07. The van der Waals surface area contributed by atoms with Gasteiger partial charge in [0.1, 0.15) is 12.4 Å². The van der Waals surface area contributed by atoms with E-state index in [1.54, 1.807) is 18.6 Å². The minimum absolute atomic E-state index is 0.159. The molecule has 188 valence electrons. The Labute approximate surface area is 222 Å². The number of benzene rings is 2. The summed E-state index contributed by atoms with van der Waals surface area (Å²) < 4.78 is 11.9. The average Bonchev–Trinajstić information content (AvgIpc) is 3.00. The quantitative estimate of drug-likeness (QED) is 0.194. The second kappa shape index (κ2) is 13.0. The molecule has 0 radical (unpaired) electrons. The molecule has 3 heterocycles. The van der Waals surface area contributed by atoms with E-state index in [4.69, 9.17) is 14.5 Å². The van der Waals surface area contributed by atoms with Gasteiger partial charge in [-0.1, -0.05) is 72.8 Å². The molecule has 6 nitrogen and oxygen atoms in total. The maximum absolute atomic E-state index is 6.05. The third kappa shape index (κ3) is 7.18. The van der Waals surface area contributed by atoms with Crippen LogP contribution in [0.5, 0.6) is 5.75 Å². The third-order valence-electron chi connectivity index (χ3n) is 5.88. The van der Waals surface area contributed by atoms with E-state index in [-0.39, 0.29) is 6.04 Å². The van der Waals surface area contributed by atoms with Gasteiger partial charge in [0.05, 0.1) is 42.5 Å². The fourth-order valence-electron chi connectivity index (χ4n) is 3.83. The van der Waals surface area contributed by atoms with Gasteiger partial charge in [0, 0.05) is 18.6 Å². The zero-order valence-corrected chi connectivity index (χ0v) is 20.9. The maximum Gasteiger partial charge on any atom is 0.138 e. The van der Waals surface area contributed by atoms with Gasteiger partial charge < -0.3 is 9.47 Å². The molecule has 0 N–H and O–H groups in total. The van der Waals surface area contributed by atoms with Crippen LogP contribution in [0.4, 0.5) is 0 Å². The molecule has 6 heteroatoms. The number of hydrogen-bond acceptors (Lipinski definition) is 6. The zero-order valence-electron chi connectivity index (χ0n) is 20.9. The van der Waals surface area contributed by atoms with Gasteiger partial charge >= 0.3 is 0 Å². The minimum atomic E-state index is -0.159. The lowest BCUT2D eigenvalue weighted by molar-refractivity contribution is 0.108. The summed E-state index contributed by atoms with van der Waals surface area (Å²) in [7, 11) is 0. The van der Waals surface area contributed by atoms with Gasteiger partial charge in [-0.2, -0.15) is 0 Å². The van der Waals surface area contributed by atoms with Crippen molar-refractivity contribution in [2.24, 2.45) is 4.99 Å². The van der Waals surface area contributed by atoms with Crippen LogP contribution in [-0.2, 0) is 18.0 Å². The Balaban J connectivity index is 1.18. The molecule has 2 aromatic carbocycles. The van der Waals surface area contributed by atoms with E-state index in [2.05, 4.69) is 27.1 Å². The van der Waals surface area contributed by atoms with E-state index >= 15 is 0 Å². The van der Waals surface area contributed by atoms with Crippen molar-refractivity contribution in [3.8, 4) is 17.1 Å². The van der Waals surface area contributed by atoms with Crippen molar-refractivity contribution in [1.82, 2.24) is 15.0 Å². The van der Waals surface area contributed by atoms with E-state index in [0.29, 0.717) is 19.8 Å². The van der Waals surface area contributed by atoms with Gasteiger partial charge in [-0.15, -0.1) is 0 Å². The lowest BCUT2D eigenvalue weighted by atomic mass is 10.1. The Morgan fingerprint density at radius 1 is 0.658 bits per heavy atom. The summed E-state index contributed by atoms with van der Waals surface area (Å²) in [6.45, 7) is 1.38. The molecule has 0 spiro atoms. The molecular formula is C32H28N4O2.